The predicted octanol–water partition coefficient (Wildman–Crippen LogP) is 0.457. The average Bonchev–Trinajstić information content (AvgIpc) is 3.07. The van der Waals surface area contributed by atoms with E-state index in [4.69, 9.17) is 16.3 Å². The molecule has 1 aliphatic heterocycles. The lowest BCUT2D eigenvalue weighted by atomic mass is 9.63. The number of aliphatic hydroxyl groups is 3. The molecule has 2 heterocycles. The minimum Gasteiger partial charge on any atom is -0.376 e. The van der Waals surface area contributed by atoms with E-state index in [1.807, 2.05) is 0 Å². The minimum absolute atomic E-state index is 0.247. The van der Waals surface area contributed by atoms with Crippen LogP contribution >= 0.6 is 11.6 Å². The van der Waals surface area contributed by atoms with Gasteiger partial charge in [-0.25, -0.2) is 13.8 Å². The van der Waals surface area contributed by atoms with Gasteiger partial charge in [-0.15, -0.1) is 0 Å². The third kappa shape index (κ3) is 2.53. The van der Waals surface area contributed by atoms with Crippen molar-refractivity contribution >= 4 is 40.0 Å². The van der Waals surface area contributed by atoms with Gasteiger partial charge in [-0.2, -0.15) is 0 Å². The van der Waals surface area contributed by atoms with Gasteiger partial charge in [-0.05, 0) is 26.8 Å². The SMILES string of the molecule is CC(=O)[C@@]1(O)[C@@](O)(C(C)=O)CO[C@@H](n2cnc3c(F)c(F)c(Cl)cc32)[C@@]1(O)C(C)=O. The molecular formula is C18H17ClF2N2O7. The first kappa shape index (κ1) is 22.4. The average molecular weight is 447 g/mol. The molecule has 3 rings (SSSR count). The number of aromatic nitrogens is 2. The second-order valence-corrected chi connectivity index (χ2v) is 7.58. The van der Waals surface area contributed by atoms with E-state index >= 15 is 0 Å². The van der Waals surface area contributed by atoms with Crippen LogP contribution in [-0.2, 0) is 19.1 Å². The molecule has 0 bridgehead atoms. The van der Waals surface area contributed by atoms with Crippen LogP contribution in [0.2, 0.25) is 5.02 Å². The molecule has 12 heteroatoms. The summed E-state index contributed by atoms with van der Waals surface area (Å²) in [6.07, 6.45) is -1.10. The van der Waals surface area contributed by atoms with Gasteiger partial charge in [0.1, 0.15) is 5.52 Å². The lowest BCUT2D eigenvalue weighted by Crippen LogP contribution is -2.82. The molecule has 0 spiro atoms. The second kappa shape index (κ2) is 6.86. The van der Waals surface area contributed by atoms with Crippen LogP contribution in [0.15, 0.2) is 12.4 Å². The fraction of sp³-hybridized carbons (Fsp3) is 0.444. The monoisotopic (exact) mass is 446 g/mol. The van der Waals surface area contributed by atoms with Crippen LogP contribution in [0.1, 0.15) is 27.0 Å². The van der Waals surface area contributed by atoms with E-state index in [0.717, 1.165) is 37.7 Å². The Hall–Kier alpha value is -2.31. The molecule has 162 valence electrons. The first-order valence-electron chi connectivity index (χ1n) is 8.57. The van der Waals surface area contributed by atoms with Crippen molar-refractivity contribution in [2.24, 2.45) is 0 Å². The summed E-state index contributed by atoms with van der Waals surface area (Å²) in [6.45, 7) is 1.39. The van der Waals surface area contributed by atoms with Gasteiger partial charge < -0.3 is 24.6 Å². The number of hydrogen-bond acceptors (Lipinski definition) is 8. The topological polar surface area (TPSA) is 139 Å². The number of nitrogens with zero attached hydrogens (tertiary/aromatic N) is 2. The molecule has 3 N–H and O–H groups in total. The Morgan fingerprint density at radius 2 is 1.73 bits per heavy atom. The number of halogens is 3. The zero-order chi connectivity index (χ0) is 22.8. The van der Waals surface area contributed by atoms with Crippen LogP contribution in [0, 0.1) is 11.6 Å². The Labute approximate surface area is 172 Å². The third-order valence-corrected chi connectivity index (χ3v) is 5.82. The molecule has 9 nitrogen and oxygen atoms in total. The summed E-state index contributed by atoms with van der Waals surface area (Å²) < 4.78 is 34.2. The van der Waals surface area contributed by atoms with E-state index in [1.165, 1.54) is 0 Å². The Kier molecular flexibility index (Phi) is 5.11. The van der Waals surface area contributed by atoms with E-state index in [2.05, 4.69) is 4.98 Å². The summed E-state index contributed by atoms with van der Waals surface area (Å²) in [5.74, 6) is -6.50. The van der Waals surface area contributed by atoms with Crippen molar-refractivity contribution in [3.8, 4) is 0 Å². The number of ketones is 3. The molecule has 2 aromatic rings. The first-order valence-corrected chi connectivity index (χ1v) is 8.94. The molecule has 30 heavy (non-hydrogen) atoms. The molecule has 0 aliphatic carbocycles. The van der Waals surface area contributed by atoms with Crippen LogP contribution in [0.25, 0.3) is 11.0 Å². The number of fused-ring (bicyclic) bond motifs is 1. The molecule has 1 aromatic carbocycles. The highest BCUT2D eigenvalue weighted by molar-refractivity contribution is 6.31. The van der Waals surface area contributed by atoms with Crippen LogP contribution in [0.4, 0.5) is 8.78 Å². The summed E-state index contributed by atoms with van der Waals surface area (Å²) in [4.78, 5) is 40.7. The van der Waals surface area contributed by atoms with Crippen molar-refractivity contribution in [1.82, 2.24) is 9.55 Å². The molecule has 0 amide bonds. The molecule has 1 fully saturated rings. The van der Waals surface area contributed by atoms with Crippen LogP contribution in [-0.4, -0.2) is 65.6 Å². The predicted molar refractivity (Wildman–Crippen MR) is 96.5 cm³/mol. The van der Waals surface area contributed by atoms with Crippen molar-refractivity contribution in [3.05, 3.63) is 29.1 Å². The van der Waals surface area contributed by atoms with Crippen molar-refractivity contribution in [1.29, 1.82) is 0 Å². The second-order valence-electron chi connectivity index (χ2n) is 7.17. The Morgan fingerprint density at radius 3 is 2.23 bits per heavy atom. The molecule has 4 atom stereocenters. The van der Waals surface area contributed by atoms with E-state index in [-0.39, 0.29) is 5.52 Å². The summed E-state index contributed by atoms with van der Waals surface area (Å²) in [7, 11) is 0. The van der Waals surface area contributed by atoms with Gasteiger partial charge in [0, 0.05) is 0 Å². The van der Waals surface area contributed by atoms with Gasteiger partial charge in [-0.3, -0.25) is 14.4 Å². The fourth-order valence-corrected chi connectivity index (χ4v) is 3.99. The first-order chi connectivity index (χ1) is 13.7. The standard InChI is InChI=1S/C18H17ClF2N2O7/c1-7(24)16(27)5-30-15(17(28,8(2)25)18(16,29)9(3)26)23-6-22-14-11(23)4-10(19)12(20)13(14)21/h4,6,15,27-29H,5H2,1-3H3/t15-,16+,17+,18-/m1/s1. The number of carbonyl (C=O) groups excluding carboxylic acids is 3. The molecule has 1 saturated heterocycles. The Bertz CT molecular complexity index is 1110. The highest BCUT2D eigenvalue weighted by Gasteiger charge is 2.75. The van der Waals surface area contributed by atoms with Gasteiger partial charge >= 0.3 is 0 Å². The number of benzene rings is 1. The van der Waals surface area contributed by atoms with Gasteiger partial charge in [-0.1, -0.05) is 11.6 Å². The normalized spacial score (nSPS) is 31.7. The molecular weight excluding hydrogens is 430 g/mol. The zero-order valence-corrected chi connectivity index (χ0v) is 16.7. The zero-order valence-electron chi connectivity index (χ0n) is 15.9. The van der Waals surface area contributed by atoms with E-state index in [1.54, 1.807) is 0 Å². The summed E-state index contributed by atoms with van der Waals surface area (Å²) >= 11 is 5.67. The van der Waals surface area contributed by atoms with E-state index in [9.17, 15) is 38.5 Å². The third-order valence-electron chi connectivity index (χ3n) is 5.54. The summed E-state index contributed by atoms with van der Waals surface area (Å²) in [5.41, 5.74) is -10.3. The van der Waals surface area contributed by atoms with Gasteiger partial charge in [0.05, 0.1) is 23.5 Å². The molecule has 1 aromatic heterocycles. The van der Waals surface area contributed by atoms with Crippen molar-refractivity contribution < 1.29 is 43.2 Å². The quantitative estimate of drug-likeness (QED) is 0.575. The van der Waals surface area contributed by atoms with Crippen LogP contribution < -0.4 is 0 Å². The molecule has 0 radical (unpaired) electrons. The largest absolute Gasteiger partial charge is 0.376 e. The molecule has 0 saturated carbocycles. The molecule has 1 aliphatic rings. The van der Waals surface area contributed by atoms with Crippen LogP contribution in [0.5, 0.6) is 0 Å². The van der Waals surface area contributed by atoms with Gasteiger partial charge in [0.15, 0.2) is 40.8 Å². The Balaban J connectivity index is 2.35. The van der Waals surface area contributed by atoms with Gasteiger partial charge in [0.25, 0.3) is 0 Å². The van der Waals surface area contributed by atoms with Crippen molar-refractivity contribution in [3.63, 3.8) is 0 Å². The maximum atomic E-state index is 14.2. The number of ether oxygens (including phenoxy) is 1. The van der Waals surface area contributed by atoms with Crippen molar-refractivity contribution in [2.75, 3.05) is 6.61 Å². The fourth-order valence-electron chi connectivity index (χ4n) is 3.81. The van der Waals surface area contributed by atoms with Gasteiger partial charge in [0.2, 0.25) is 11.2 Å². The lowest BCUT2D eigenvalue weighted by molar-refractivity contribution is -0.310. The van der Waals surface area contributed by atoms with Crippen molar-refractivity contribution in [2.45, 2.75) is 43.8 Å². The minimum atomic E-state index is -3.33. The Morgan fingerprint density at radius 1 is 1.13 bits per heavy atom. The van der Waals surface area contributed by atoms with Crippen LogP contribution in [0.3, 0.4) is 0 Å². The highest BCUT2D eigenvalue weighted by Crippen LogP contribution is 2.48. The van der Waals surface area contributed by atoms with E-state index in [0.29, 0.717) is 0 Å². The van der Waals surface area contributed by atoms with E-state index < -0.39 is 69.2 Å². The maximum absolute atomic E-state index is 14.2. The number of carbonyl (C=O) groups is 3. The summed E-state index contributed by atoms with van der Waals surface area (Å²) in [6, 6.07) is 0.935. The highest BCUT2D eigenvalue weighted by atomic mass is 35.5. The number of Topliss-reactive ketones (excluding diaryl/α,β-unsaturated/α-hetero) is 3. The smallest absolute Gasteiger partial charge is 0.207 e. The summed E-state index contributed by atoms with van der Waals surface area (Å²) in [5, 5.41) is 32.6. The lowest BCUT2D eigenvalue weighted by Gasteiger charge is -2.54. The number of rotatable bonds is 4. The number of imidazole rings is 1. The molecule has 0 unspecified atom stereocenters. The number of hydrogen-bond donors (Lipinski definition) is 3. The maximum Gasteiger partial charge on any atom is 0.207 e.